The number of aryl methyl sites for hydroxylation is 1. The van der Waals surface area contributed by atoms with Gasteiger partial charge in [-0.1, -0.05) is 23.4 Å². The van der Waals surface area contributed by atoms with Crippen LogP contribution in [0.1, 0.15) is 30.8 Å². The number of rotatable bonds is 10. The zero-order valence-corrected chi connectivity index (χ0v) is 22.9. The maximum Gasteiger partial charge on any atom is 0.322 e. The van der Waals surface area contributed by atoms with Gasteiger partial charge < -0.3 is 14.2 Å². The number of unbranched alkanes of at least 4 members (excludes halogenated alkanes) is 1. The van der Waals surface area contributed by atoms with Crippen molar-refractivity contribution in [2.75, 3.05) is 0 Å². The van der Waals surface area contributed by atoms with Gasteiger partial charge in [0.2, 0.25) is 0 Å². The molecule has 0 radical (unpaired) electrons. The molecular weight excluding hydrogens is 561 g/mol. The number of fused-ring (bicyclic) bond motifs is 2. The lowest BCUT2D eigenvalue weighted by Crippen LogP contribution is -2.24. The predicted octanol–water partition coefficient (Wildman–Crippen LogP) is 5.16. The van der Waals surface area contributed by atoms with E-state index in [9.17, 15) is 18.5 Å². The second-order valence-corrected chi connectivity index (χ2v) is 11.1. The first-order valence-electron chi connectivity index (χ1n) is 13.2. The first-order chi connectivity index (χ1) is 20.4. The second kappa shape index (κ2) is 11.6. The number of aliphatic carboxylic acids is 1. The summed E-state index contributed by atoms with van der Waals surface area (Å²) in [5.74, 6) is -0.412. The number of carbonyl (C=O) groups is 1. The Balaban J connectivity index is 1.30. The van der Waals surface area contributed by atoms with E-state index in [1.165, 1.54) is 28.8 Å². The van der Waals surface area contributed by atoms with Gasteiger partial charge in [-0.25, -0.2) is 9.37 Å². The Hall–Kier alpha value is -4.81. The Morgan fingerprint density at radius 1 is 1.02 bits per heavy atom. The van der Waals surface area contributed by atoms with E-state index in [0.29, 0.717) is 63.9 Å². The zero-order valence-electron chi connectivity index (χ0n) is 22.1. The highest BCUT2D eigenvalue weighted by molar-refractivity contribution is 7.90. The van der Waals surface area contributed by atoms with Gasteiger partial charge in [-0.05, 0) is 61.4 Å². The zero-order chi connectivity index (χ0) is 29.2. The van der Waals surface area contributed by atoms with E-state index in [1.807, 2.05) is 24.3 Å². The largest absolute Gasteiger partial charge is 0.609 e. The molecule has 3 aromatic carbocycles. The molecule has 0 saturated carbocycles. The maximum atomic E-state index is 13.6. The SMILES string of the molecule is O=C(O)CCCCc1nc2cc(-c3cc(C[S+]([O-])c4nc5ccccc5[nH]4)on3)ccc2c(=O)n1-c1ccc(F)cc1. The van der Waals surface area contributed by atoms with E-state index in [1.54, 1.807) is 24.3 Å². The molecule has 0 aliphatic heterocycles. The van der Waals surface area contributed by atoms with Crippen LogP contribution >= 0.6 is 0 Å². The summed E-state index contributed by atoms with van der Waals surface area (Å²) in [6, 6.07) is 19.8. The number of aromatic nitrogens is 5. The molecule has 0 saturated heterocycles. The third-order valence-electron chi connectivity index (χ3n) is 6.78. The number of H-pyrrole nitrogens is 1. The smallest absolute Gasteiger partial charge is 0.322 e. The maximum absolute atomic E-state index is 13.6. The number of aromatic amines is 1. The molecule has 0 aliphatic carbocycles. The van der Waals surface area contributed by atoms with Crippen molar-refractivity contribution in [3.8, 4) is 16.9 Å². The lowest BCUT2D eigenvalue weighted by molar-refractivity contribution is -0.137. The number of imidazole rings is 1. The Labute approximate surface area is 241 Å². The number of nitrogens with zero attached hydrogens (tertiary/aromatic N) is 4. The number of hydrogen-bond donors (Lipinski definition) is 2. The number of benzene rings is 3. The van der Waals surface area contributed by atoms with Crippen molar-refractivity contribution >= 4 is 39.1 Å². The molecule has 3 heterocycles. The van der Waals surface area contributed by atoms with E-state index in [0.717, 1.165) is 11.0 Å². The Morgan fingerprint density at radius 3 is 2.62 bits per heavy atom. The van der Waals surface area contributed by atoms with Gasteiger partial charge in [0, 0.05) is 35.6 Å². The molecule has 2 N–H and O–H groups in total. The average molecular weight is 586 g/mol. The number of para-hydroxylation sites is 2. The van der Waals surface area contributed by atoms with Crippen LogP contribution in [0.25, 0.3) is 38.9 Å². The highest BCUT2D eigenvalue weighted by Gasteiger charge is 2.21. The molecular formula is C30H24FN5O5S. The van der Waals surface area contributed by atoms with Crippen molar-refractivity contribution in [1.82, 2.24) is 24.7 Å². The minimum Gasteiger partial charge on any atom is -0.609 e. The van der Waals surface area contributed by atoms with Gasteiger partial charge in [0.1, 0.15) is 17.3 Å². The topological polar surface area (TPSA) is 150 Å². The van der Waals surface area contributed by atoms with Gasteiger partial charge in [0.05, 0.1) is 27.6 Å². The lowest BCUT2D eigenvalue weighted by Gasteiger charge is -2.14. The first-order valence-corrected chi connectivity index (χ1v) is 14.5. The third-order valence-corrected chi connectivity index (χ3v) is 7.95. The van der Waals surface area contributed by atoms with Gasteiger partial charge in [0.25, 0.3) is 5.56 Å². The third kappa shape index (κ3) is 5.67. The standard InChI is InChI=1S/C30H24FN5O5S/c31-19-10-12-20(13-11-19)36-27(7-3-4-8-28(37)38)32-26-15-18(9-14-22(26)29(36)39)25-16-21(41-35-25)17-42(40)30-33-23-5-1-2-6-24(23)34-30/h1-2,5-6,9-16H,3-4,7-8,17H2,(H,33,34)(H,37,38). The Bertz CT molecular complexity index is 1930. The molecule has 6 rings (SSSR count). The monoisotopic (exact) mass is 585 g/mol. The quantitative estimate of drug-likeness (QED) is 0.165. The molecule has 42 heavy (non-hydrogen) atoms. The molecule has 212 valence electrons. The summed E-state index contributed by atoms with van der Waals surface area (Å²) in [5.41, 5.74) is 3.22. The van der Waals surface area contributed by atoms with E-state index in [4.69, 9.17) is 14.6 Å². The summed E-state index contributed by atoms with van der Waals surface area (Å²) in [6.45, 7) is 0. The van der Waals surface area contributed by atoms with Gasteiger partial charge >= 0.3 is 11.1 Å². The fourth-order valence-corrected chi connectivity index (χ4v) is 5.68. The first kappa shape index (κ1) is 27.4. The molecule has 12 heteroatoms. The highest BCUT2D eigenvalue weighted by atomic mass is 32.2. The summed E-state index contributed by atoms with van der Waals surface area (Å²) in [4.78, 5) is 36.8. The highest BCUT2D eigenvalue weighted by Crippen LogP contribution is 2.26. The normalized spacial score (nSPS) is 12.2. The summed E-state index contributed by atoms with van der Waals surface area (Å²) < 4.78 is 33.4. The molecule has 0 bridgehead atoms. The predicted molar refractivity (Wildman–Crippen MR) is 154 cm³/mol. The lowest BCUT2D eigenvalue weighted by atomic mass is 10.1. The van der Waals surface area contributed by atoms with Crippen molar-refractivity contribution in [2.45, 2.75) is 36.6 Å². The van der Waals surface area contributed by atoms with Crippen molar-refractivity contribution < 1.29 is 23.4 Å². The van der Waals surface area contributed by atoms with Crippen LogP contribution in [0.15, 0.2) is 87.3 Å². The molecule has 1 atom stereocenters. The molecule has 0 amide bonds. The van der Waals surface area contributed by atoms with Crippen LogP contribution in [0, 0.1) is 5.82 Å². The van der Waals surface area contributed by atoms with Gasteiger partial charge in [0.15, 0.2) is 11.5 Å². The molecule has 3 aromatic heterocycles. The van der Waals surface area contributed by atoms with Crippen LogP contribution in [-0.4, -0.2) is 40.3 Å². The summed E-state index contributed by atoms with van der Waals surface area (Å²) in [5, 5.41) is 13.8. The average Bonchev–Trinajstić information content (AvgIpc) is 3.63. The van der Waals surface area contributed by atoms with Crippen LogP contribution in [0.4, 0.5) is 4.39 Å². The number of carboxylic acids is 1. The molecule has 0 spiro atoms. The minimum atomic E-state index is -1.49. The van der Waals surface area contributed by atoms with Crippen LogP contribution in [0.3, 0.4) is 0 Å². The fraction of sp³-hybridized carbons (Fsp3) is 0.167. The van der Waals surface area contributed by atoms with Crippen molar-refractivity contribution in [2.24, 2.45) is 0 Å². The van der Waals surface area contributed by atoms with Crippen molar-refractivity contribution in [1.29, 1.82) is 0 Å². The number of carboxylic acid groups (broad SMARTS) is 1. The molecule has 6 aromatic rings. The number of hydrogen-bond acceptors (Lipinski definition) is 7. The summed E-state index contributed by atoms with van der Waals surface area (Å²) in [7, 11) is 0. The Kier molecular flexibility index (Phi) is 7.55. The second-order valence-electron chi connectivity index (χ2n) is 9.71. The van der Waals surface area contributed by atoms with Crippen molar-refractivity contribution in [3.63, 3.8) is 0 Å². The van der Waals surface area contributed by atoms with E-state index in [2.05, 4.69) is 15.1 Å². The Morgan fingerprint density at radius 2 is 1.83 bits per heavy atom. The van der Waals surface area contributed by atoms with Crippen molar-refractivity contribution in [3.05, 3.63) is 101 Å². The summed E-state index contributed by atoms with van der Waals surface area (Å²) >= 11 is -1.49. The van der Waals surface area contributed by atoms with E-state index >= 15 is 0 Å². The van der Waals surface area contributed by atoms with Crippen LogP contribution in [0.5, 0.6) is 0 Å². The fourth-order valence-electron chi connectivity index (χ4n) is 4.73. The van der Waals surface area contributed by atoms with Gasteiger partial charge in [-0.2, -0.15) is 4.98 Å². The minimum absolute atomic E-state index is 0.00807. The number of nitrogens with one attached hydrogen (secondary N) is 1. The molecule has 1 unspecified atom stereocenters. The molecule has 0 aliphatic rings. The number of halogens is 1. The van der Waals surface area contributed by atoms with Crippen LogP contribution < -0.4 is 5.56 Å². The van der Waals surface area contributed by atoms with E-state index < -0.39 is 23.0 Å². The van der Waals surface area contributed by atoms with Crippen LogP contribution in [0.2, 0.25) is 0 Å². The van der Waals surface area contributed by atoms with Crippen LogP contribution in [-0.2, 0) is 28.1 Å². The summed E-state index contributed by atoms with van der Waals surface area (Å²) in [6.07, 6.45) is 1.28. The van der Waals surface area contributed by atoms with E-state index in [-0.39, 0.29) is 17.7 Å². The van der Waals surface area contributed by atoms with Gasteiger partial charge in [-0.3, -0.25) is 19.1 Å². The molecule has 10 nitrogen and oxygen atoms in total. The van der Waals surface area contributed by atoms with Gasteiger partial charge in [-0.15, -0.1) is 0 Å². The molecule has 0 fully saturated rings.